The lowest BCUT2D eigenvalue weighted by Crippen LogP contribution is -2.15. The SMILES string of the molecule is Cc1cc(C)cc(-c2nnc(SCCn3c(C)csc3=O)o2)c1. The summed E-state index contributed by atoms with van der Waals surface area (Å²) in [7, 11) is 0. The Hall–Kier alpha value is -1.86. The van der Waals surface area contributed by atoms with Crippen LogP contribution in [0.25, 0.3) is 11.5 Å². The predicted molar refractivity (Wildman–Crippen MR) is 93.2 cm³/mol. The molecule has 0 aliphatic carbocycles. The number of thioether (sulfide) groups is 1. The quantitative estimate of drug-likeness (QED) is 0.659. The Morgan fingerprint density at radius 1 is 1.17 bits per heavy atom. The lowest BCUT2D eigenvalue weighted by atomic mass is 10.1. The highest BCUT2D eigenvalue weighted by Gasteiger charge is 2.10. The van der Waals surface area contributed by atoms with Crippen LogP contribution in [0.1, 0.15) is 16.8 Å². The van der Waals surface area contributed by atoms with Crippen molar-refractivity contribution in [2.75, 3.05) is 5.75 Å². The third-order valence-electron chi connectivity index (χ3n) is 3.39. The van der Waals surface area contributed by atoms with Crippen molar-refractivity contribution in [2.45, 2.75) is 32.5 Å². The number of aromatic nitrogens is 3. The number of aryl methyl sites for hydroxylation is 3. The molecule has 2 aromatic heterocycles. The molecule has 0 radical (unpaired) electrons. The van der Waals surface area contributed by atoms with E-state index in [0.717, 1.165) is 11.3 Å². The summed E-state index contributed by atoms with van der Waals surface area (Å²) in [6.45, 7) is 6.67. The van der Waals surface area contributed by atoms with Gasteiger partial charge in [-0.3, -0.25) is 4.79 Å². The second-order valence-electron chi connectivity index (χ2n) is 5.39. The Balaban J connectivity index is 1.67. The number of nitrogens with zero attached hydrogens (tertiary/aromatic N) is 3. The molecule has 0 unspecified atom stereocenters. The van der Waals surface area contributed by atoms with Crippen LogP contribution < -0.4 is 4.87 Å². The molecule has 3 rings (SSSR count). The van der Waals surface area contributed by atoms with Crippen LogP contribution in [0.15, 0.2) is 38.0 Å². The van der Waals surface area contributed by atoms with E-state index in [1.165, 1.54) is 34.2 Å². The first-order chi connectivity index (χ1) is 11.0. The maximum Gasteiger partial charge on any atom is 0.307 e. The Labute approximate surface area is 142 Å². The number of rotatable bonds is 5. The summed E-state index contributed by atoms with van der Waals surface area (Å²) in [5.74, 6) is 1.24. The van der Waals surface area contributed by atoms with E-state index in [1.54, 1.807) is 4.57 Å². The minimum atomic E-state index is 0.0737. The van der Waals surface area contributed by atoms with Gasteiger partial charge >= 0.3 is 4.87 Å². The average molecular weight is 347 g/mol. The van der Waals surface area contributed by atoms with Gasteiger partial charge in [-0.05, 0) is 32.9 Å². The van der Waals surface area contributed by atoms with Gasteiger partial charge in [-0.1, -0.05) is 40.3 Å². The third-order valence-corrected chi connectivity index (χ3v) is 5.07. The van der Waals surface area contributed by atoms with Crippen molar-refractivity contribution in [1.29, 1.82) is 0 Å². The summed E-state index contributed by atoms with van der Waals surface area (Å²) < 4.78 is 7.48. The Bertz CT molecular complexity index is 859. The van der Waals surface area contributed by atoms with Crippen LogP contribution in [0.4, 0.5) is 0 Å². The fourth-order valence-electron chi connectivity index (χ4n) is 2.38. The van der Waals surface area contributed by atoms with Crippen LogP contribution in [0.5, 0.6) is 0 Å². The first kappa shape index (κ1) is 16.0. The highest BCUT2D eigenvalue weighted by molar-refractivity contribution is 7.99. The number of thiazole rings is 1. The number of hydrogen-bond donors (Lipinski definition) is 0. The summed E-state index contributed by atoms with van der Waals surface area (Å²) in [6.07, 6.45) is 0. The van der Waals surface area contributed by atoms with E-state index in [2.05, 4.69) is 16.3 Å². The third kappa shape index (κ3) is 3.73. The van der Waals surface area contributed by atoms with Gasteiger partial charge in [-0.15, -0.1) is 10.2 Å². The van der Waals surface area contributed by atoms with Crippen LogP contribution in [0.3, 0.4) is 0 Å². The maximum absolute atomic E-state index is 11.7. The largest absolute Gasteiger partial charge is 0.411 e. The van der Waals surface area contributed by atoms with Crippen molar-refractivity contribution in [3.63, 3.8) is 0 Å². The van der Waals surface area contributed by atoms with E-state index in [4.69, 9.17) is 4.42 Å². The molecule has 0 aliphatic rings. The maximum atomic E-state index is 11.7. The zero-order chi connectivity index (χ0) is 16.4. The smallest absolute Gasteiger partial charge is 0.307 e. The first-order valence-corrected chi connectivity index (χ1v) is 9.09. The summed E-state index contributed by atoms with van der Waals surface area (Å²) in [6, 6.07) is 6.17. The van der Waals surface area contributed by atoms with E-state index >= 15 is 0 Å². The Morgan fingerprint density at radius 2 is 1.91 bits per heavy atom. The molecule has 120 valence electrons. The predicted octanol–water partition coefficient (Wildman–Crippen LogP) is 3.68. The Morgan fingerprint density at radius 3 is 2.57 bits per heavy atom. The second kappa shape index (κ2) is 6.72. The number of hydrogen-bond acceptors (Lipinski definition) is 6. The van der Waals surface area contributed by atoms with Crippen LogP contribution in [-0.2, 0) is 6.54 Å². The zero-order valence-corrected chi connectivity index (χ0v) is 14.8. The van der Waals surface area contributed by atoms with Gasteiger partial charge in [-0.2, -0.15) is 0 Å². The van der Waals surface area contributed by atoms with Gasteiger partial charge in [0.15, 0.2) is 0 Å². The summed E-state index contributed by atoms with van der Waals surface area (Å²) >= 11 is 2.69. The van der Waals surface area contributed by atoms with E-state index < -0.39 is 0 Å². The van der Waals surface area contributed by atoms with Crippen molar-refractivity contribution in [3.05, 3.63) is 50.1 Å². The van der Waals surface area contributed by atoms with Gasteiger partial charge < -0.3 is 8.98 Å². The summed E-state index contributed by atoms with van der Waals surface area (Å²) in [4.78, 5) is 11.7. The molecule has 2 heterocycles. The Kier molecular flexibility index (Phi) is 4.68. The molecule has 23 heavy (non-hydrogen) atoms. The molecule has 5 nitrogen and oxygen atoms in total. The van der Waals surface area contributed by atoms with Gasteiger partial charge in [0, 0.05) is 28.9 Å². The zero-order valence-electron chi connectivity index (χ0n) is 13.2. The summed E-state index contributed by atoms with van der Waals surface area (Å²) in [5.41, 5.74) is 4.26. The van der Waals surface area contributed by atoms with Crippen molar-refractivity contribution < 1.29 is 4.42 Å². The highest BCUT2D eigenvalue weighted by atomic mass is 32.2. The molecule has 0 atom stereocenters. The van der Waals surface area contributed by atoms with Gasteiger partial charge in [0.2, 0.25) is 5.89 Å². The molecule has 3 aromatic rings. The van der Waals surface area contributed by atoms with Crippen LogP contribution in [0.2, 0.25) is 0 Å². The second-order valence-corrected chi connectivity index (χ2v) is 7.26. The van der Waals surface area contributed by atoms with Crippen LogP contribution in [-0.4, -0.2) is 20.5 Å². The molecule has 0 saturated carbocycles. The van der Waals surface area contributed by atoms with Gasteiger partial charge in [0.25, 0.3) is 5.22 Å². The van der Waals surface area contributed by atoms with Gasteiger partial charge in [0.1, 0.15) is 0 Å². The van der Waals surface area contributed by atoms with Crippen LogP contribution >= 0.6 is 23.1 Å². The fourth-order valence-corrected chi connectivity index (χ4v) is 3.83. The molecule has 0 spiro atoms. The van der Waals surface area contributed by atoms with Crippen LogP contribution in [0, 0.1) is 20.8 Å². The first-order valence-electron chi connectivity index (χ1n) is 7.23. The summed E-state index contributed by atoms with van der Waals surface area (Å²) in [5, 5.41) is 10.6. The molecule has 0 fully saturated rings. The van der Waals surface area contributed by atoms with E-state index in [-0.39, 0.29) is 4.87 Å². The topological polar surface area (TPSA) is 60.9 Å². The molecule has 0 N–H and O–H groups in total. The standard InChI is InChI=1S/C16H17N3O2S2/c1-10-6-11(2)8-13(7-10)14-17-18-15(21-14)22-5-4-19-12(3)9-23-16(19)20/h6-9H,4-5H2,1-3H3. The van der Waals surface area contributed by atoms with E-state index in [9.17, 15) is 4.79 Å². The molecule has 0 aliphatic heterocycles. The molecule has 0 saturated heterocycles. The normalized spacial score (nSPS) is 11.1. The molecular formula is C16H17N3O2S2. The molecule has 0 bridgehead atoms. The van der Waals surface area contributed by atoms with Crippen molar-refractivity contribution >= 4 is 23.1 Å². The van der Waals surface area contributed by atoms with Gasteiger partial charge in [0.05, 0.1) is 0 Å². The van der Waals surface area contributed by atoms with Crippen molar-refractivity contribution in [3.8, 4) is 11.5 Å². The minimum absolute atomic E-state index is 0.0737. The van der Waals surface area contributed by atoms with E-state index in [0.29, 0.717) is 23.4 Å². The van der Waals surface area contributed by atoms with Crippen molar-refractivity contribution in [1.82, 2.24) is 14.8 Å². The highest BCUT2D eigenvalue weighted by Crippen LogP contribution is 2.25. The molecule has 1 aromatic carbocycles. The molecule has 0 amide bonds. The lowest BCUT2D eigenvalue weighted by Gasteiger charge is -2.02. The molecule has 7 heteroatoms. The number of benzene rings is 1. The fraction of sp³-hybridized carbons (Fsp3) is 0.312. The lowest BCUT2D eigenvalue weighted by molar-refractivity contribution is 0.465. The van der Waals surface area contributed by atoms with Crippen molar-refractivity contribution in [2.24, 2.45) is 0 Å². The monoisotopic (exact) mass is 347 g/mol. The average Bonchev–Trinajstić information content (AvgIpc) is 3.08. The molecular weight excluding hydrogens is 330 g/mol. The van der Waals surface area contributed by atoms with Gasteiger partial charge in [-0.25, -0.2) is 0 Å². The minimum Gasteiger partial charge on any atom is -0.411 e. The van der Waals surface area contributed by atoms with E-state index in [1.807, 2.05) is 38.3 Å².